The van der Waals surface area contributed by atoms with Gasteiger partial charge in [0.05, 0.1) is 6.42 Å². The molecule has 0 spiro atoms. The highest BCUT2D eigenvalue weighted by Gasteiger charge is 2.10. The summed E-state index contributed by atoms with van der Waals surface area (Å²) < 4.78 is 33.3. The van der Waals surface area contributed by atoms with Crippen LogP contribution in [0.3, 0.4) is 0 Å². The summed E-state index contributed by atoms with van der Waals surface area (Å²) in [7, 11) is 0. The maximum absolute atomic E-state index is 12.1. The maximum atomic E-state index is 12.1. The van der Waals surface area contributed by atoms with Gasteiger partial charge in [-0.3, -0.25) is 9.59 Å². The monoisotopic (exact) mass is 381 g/mol. The molecule has 5 nitrogen and oxygen atoms in total. The number of ether oxygens (including phenoxy) is 2. The molecule has 0 aromatic heterocycles. The van der Waals surface area contributed by atoms with E-state index >= 15 is 0 Å². The number of carbonyl (C=O) groups excluding carboxylic acids is 2. The van der Waals surface area contributed by atoms with Crippen LogP contribution in [-0.4, -0.2) is 31.4 Å². The van der Waals surface area contributed by atoms with E-state index in [1.807, 2.05) is 18.4 Å². The Kier molecular flexibility index (Phi) is 7.40. The standard InChI is InChI=1S/C18H17F2NO4S/c1-26-15-8-4-13(5-9-15)21-16(22)11-24-17(23)10-12-2-6-14(7-3-12)25-18(19)20/h2-9,18H,10-11H2,1H3,(H,21,22). The zero-order chi connectivity index (χ0) is 18.9. The van der Waals surface area contributed by atoms with Crippen LogP contribution in [0.5, 0.6) is 5.75 Å². The molecule has 1 amide bonds. The normalized spacial score (nSPS) is 10.5. The summed E-state index contributed by atoms with van der Waals surface area (Å²) in [5.41, 5.74) is 1.17. The van der Waals surface area contributed by atoms with Crippen molar-refractivity contribution in [1.29, 1.82) is 0 Å². The van der Waals surface area contributed by atoms with Crippen molar-refractivity contribution < 1.29 is 27.8 Å². The van der Waals surface area contributed by atoms with E-state index in [1.54, 1.807) is 23.9 Å². The van der Waals surface area contributed by atoms with Gasteiger partial charge in [-0.05, 0) is 48.2 Å². The van der Waals surface area contributed by atoms with Gasteiger partial charge in [0.25, 0.3) is 5.91 Å². The van der Waals surface area contributed by atoms with Crippen LogP contribution in [0.1, 0.15) is 5.56 Å². The van der Waals surface area contributed by atoms with Crippen LogP contribution in [-0.2, 0) is 20.7 Å². The van der Waals surface area contributed by atoms with E-state index in [4.69, 9.17) is 4.74 Å². The van der Waals surface area contributed by atoms with Crippen molar-refractivity contribution in [1.82, 2.24) is 0 Å². The van der Waals surface area contributed by atoms with Crippen LogP contribution in [0.2, 0.25) is 0 Å². The lowest BCUT2D eigenvalue weighted by atomic mass is 10.1. The molecule has 8 heteroatoms. The van der Waals surface area contributed by atoms with Gasteiger partial charge in [0.1, 0.15) is 5.75 Å². The fraction of sp³-hybridized carbons (Fsp3) is 0.222. The van der Waals surface area contributed by atoms with Crippen LogP contribution < -0.4 is 10.1 Å². The highest BCUT2D eigenvalue weighted by atomic mass is 32.2. The fourth-order valence-corrected chi connectivity index (χ4v) is 2.43. The van der Waals surface area contributed by atoms with E-state index in [9.17, 15) is 18.4 Å². The molecule has 0 atom stereocenters. The second-order valence-electron chi connectivity index (χ2n) is 5.14. The molecule has 2 aromatic rings. The minimum atomic E-state index is -2.90. The number of anilines is 1. The summed E-state index contributed by atoms with van der Waals surface area (Å²) in [6.45, 7) is -3.31. The second-order valence-corrected chi connectivity index (χ2v) is 6.02. The molecule has 0 radical (unpaired) electrons. The van der Waals surface area contributed by atoms with E-state index in [1.165, 1.54) is 24.3 Å². The van der Waals surface area contributed by atoms with Crippen LogP contribution in [0, 0.1) is 0 Å². The van der Waals surface area contributed by atoms with Gasteiger partial charge in [0.2, 0.25) is 0 Å². The summed E-state index contributed by atoms with van der Waals surface area (Å²) in [6.07, 6.45) is 1.87. The number of alkyl halides is 2. The van der Waals surface area contributed by atoms with E-state index in [0.29, 0.717) is 11.3 Å². The molecule has 2 rings (SSSR count). The largest absolute Gasteiger partial charge is 0.455 e. The number of nitrogens with one attached hydrogen (secondary N) is 1. The van der Waals surface area contributed by atoms with Crippen LogP contribution in [0.15, 0.2) is 53.4 Å². The predicted molar refractivity (Wildman–Crippen MR) is 94.6 cm³/mol. The Morgan fingerprint density at radius 2 is 1.73 bits per heavy atom. The SMILES string of the molecule is CSc1ccc(NC(=O)COC(=O)Cc2ccc(OC(F)F)cc2)cc1. The topological polar surface area (TPSA) is 64.6 Å². The molecule has 0 aliphatic rings. The molecule has 0 unspecified atom stereocenters. The predicted octanol–water partition coefficient (Wildman–Crippen LogP) is 3.73. The highest BCUT2D eigenvalue weighted by molar-refractivity contribution is 7.98. The van der Waals surface area contributed by atoms with Gasteiger partial charge in [-0.2, -0.15) is 8.78 Å². The molecule has 26 heavy (non-hydrogen) atoms. The molecule has 0 saturated heterocycles. The number of carbonyl (C=O) groups is 2. The number of hydrogen-bond acceptors (Lipinski definition) is 5. The number of thioether (sulfide) groups is 1. The third kappa shape index (κ3) is 6.72. The summed E-state index contributed by atoms with van der Waals surface area (Å²) in [5, 5.41) is 2.63. The molecule has 0 aliphatic heterocycles. The van der Waals surface area contributed by atoms with Crippen molar-refractivity contribution in [3.8, 4) is 5.75 Å². The number of rotatable bonds is 8. The minimum Gasteiger partial charge on any atom is -0.455 e. The Labute approximate surface area is 153 Å². The van der Waals surface area contributed by atoms with Crippen molar-refractivity contribution in [2.75, 3.05) is 18.2 Å². The molecule has 2 aromatic carbocycles. The Morgan fingerprint density at radius 1 is 1.08 bits per heavy atom. The van der Waals surface area contributed by atoms with Crippen LogP contribution >= 0.6 is 11.8 Å². The molecular formula is C18H17F2NO4S. The fourth-order valence-electron chi connectivity index (χ4n) is 2.02. The molecule has 0 aliphatic carbocycles. The molecular weight excluding hydrogens is 364 g/mol. The Bertz CT molecular complexity index is 736. The number of halogens is 2. The molecule has 0 bridgehead atoms. The zero-order valence-electron chi connectivity index (χ0n) is 13.9. The first kappa shape index (κ1) is 19.7. The average molecular weight is 381 g/mol. The molecule has 0 heterocycles. The molecule has 0 saturated carbocycles. The Balaban J connectivity index is 1.75. The minimum absolute atomic E-state index is 0.00369. The number of esters is 1. The number of hydrogen-bond donors (Lipinski definition) is 1. The van der Waals surface area contributed by atoms with Crippen molar-refractivity contribution >= 4 is 29.3 Å². The number of benzene rings is 2. The van der Waals surface area contributed by atoms with Gasteiger partial charge >= 0.3 is 12.6 Å². The highest BCUT2D eigenvalue weighted by Crippen LogP contribution is 2.17. The van der Waals surface area contributed by atoms with Crippen molar-refractivity contribution in [3.05, 3.63) is 54.1 Å². The van der Waals surface area contributed by atoms with Gasteiger partial charge < -0.3 is 14.8 Å². The van der Waals surface area contributed by atoms with E-state index in [-0.39, 0.29) is 12.2 Å². The smallest absolute Gasteiger partial charge is 0.387 e. The summed E-state index contributed by atoms with van der Waals surface area (Å²) in [4.78, 5) is 24.6. The first-order valence-electron chi connectivity index (χ1n) is 7.59. The zero-order valence-corrected chi connectivity index (χ0v) is 14.7. The lowest BCUT2D eigenvalue weighted by Crippen LogP contribution is -2.21. The summed E-state index contributed by atoms with van der Waals surface area (Å²) in [6, 6.07) is 12.9. The Morgan fingerprint density at radius 3 is 2.31 bits per heavy atom. The maximum Gasteiger partial charge on any atom is 0.387 e. The second kappa shape index (κ2) is 9.76. The van der Waals surface area contributed by atoms with E-state index in [0.717, 1.165) is 4.90 Å². The van der Waals surface area contributed by atoms with Crippen LogP contribution in [0.4, 0.5) is 14.5 Å². The number of amides is 1. The van der Waals surface area contributed by atoms with Gasteiger partial charge in [-0.15, -0.1) is 11.8 Å². The first-order chi connectivity index (χ1) is 12.5. The van der Waals surface area contributed by atoms with E-state index in [2.05, 4.69) is 10.1 Å². The summed E-state index contributed by atoms with van der Waals surface area (Å²) >= 11 is 1.59. The van der Waals surface area contributed by atoms with Crippen molar-refractivity contribution in [2.24, 2.45) is 0 Å². The third-order valence-corrected chi connectivity index (χ3v) is 3.98. The van der Waals surface area contributed by atoms with Gasteiger partial charge in [0, 0.05) is 10.6 Å². The van der Waals surface area contributed by atoms with Gasteiger partial charge in [-0.25, -0.2) is 0 Å². The van der Waals surface area contributed by atoms with Gasteiger partial charge in [0.15, 0.2) is 6.61 Å². The van der Waals surface area contributed by atoms with E-state index < -0.39 is 25.1 Å². The van der Waals surface area contributed by atoms with Crippen LogP contribution in [0.25, 0.3) is 0 Å². The average Bonchev–Trinajstić information content (AvgIpc) is 2.62. The lowest BCUT2D eigenvalue weighted by Gasteiger charge is -2.08. The lowest BCUT2D eigenvalue weighted by molar-refractivity contribution is -0.146. The quantitative estimate of drug-likeness (QED) is 0.558. The molecule has 1 N–H and O–H groups in total. The van der Waals surface area contributed by atoms with Crippen molar-refractivity contribution in [3.63, 3.8) is 0 Å². The van der Waals surface area contributed by atoms with Gasteiger partial charge in [-0.1, -0.05) is 12.1 Å². The molecule has 138 valence electrons. The van der Waals surface area contributed by atoms with Crippen molar-refractivity contribution in [2.45, 2.75) is 17.9 Å². The Hall–Kier alpha value is -2.61. The summed E-state index contributed by atoms with van der Waals surface area (Å²) in [5.74, 6) is -1.04. The third-order valence-electron chi connectivity index (χ3n) is 3.24. The molecule has 0 fully saturated rings. The first-order valence-corrected chi connectivity index (χ1v) is 8.82.